The van der Waals surface area contributed by atoms with Crippen molar-refractivity contribution < 1.29 is 9.47 Å². The van der Waals surface area contributed by atoms with Gasteiger partial charge in [-0.15, -0.1) is 24.0 Å². The monoisotopic (exact) mass is 475 g/mol. The highest BCUT2D eigenvalue weighted by molar-refractivity contribution is 14.0. The molecule has 1 heterocycles. The first-order valence-electron chi connectivity index (χ1n) is 9.43. The number of unbranched alkanes of at least 4 members (excludes halogenated alkanes) is 1. The van der Waals surface area contributed by atoms with Crippen molar-refractivity contribution in [1.29, 1.82) is 0 Å². The SMILES string of the molecule is CCCCOc1ccc(CCNC(=NC)N2CCC(COC)C2)cc1.I. The number of nitrogens with zero attached hydrogens (tertiary/aromatic N) is 2. The summed E-state index contributed by atoms with van der Waals surface area (Å²) in [5.74, 6) is 2.57. The van der Waals surface area contributed by atoms with Crippen molar-refractivity contribution in [3.8, 4) is 5.75 Å². The number of ether oxygens (including phenoxy) is 2. The molecule has 1 aromatic carbocycles. The molecule has 1 saturated heterocycles. The maximum absolute atomic E-state index is 5.71. The second-order valence-corrected chi connectivity index (χ2v) is 6.63. The fraction of sp³-hybridized carbons (Fsp3) is 0.650. The molecule has 0 bridgehead atoms. The van der Waals surface area contributed by atoms with E-state index in [-0.39, 0.29) is 24.0 Å². The summed E-state index contributed by atoms with van der Waals surface area (Å²) >= 11 is 0. The normalized spacial score (nSPS) is 17.1. The number of nitrogens with one attached hydrogen (secondary N) is 1. The second-order valence-electron chi connectivity index (χ2n) is 6.63. The lowest BCUT2D eigenvalue weighted by Gasteiger charge is -2.21. The molecule has 1 fully saturated rings. The van der Waals surface area contributed by atoms with Crippen LogP contribution in [0.2, 0.25) is 0 Å². The molecule has 0 spiro atoms. The van der Waals surface area contributed by atoms with E-state index >= 15 is 0 Å². The fourth-order valence-electron chi connectivity index (χ4n) is 3.13. The third-order valence-corrected chi connectivity index (χ3v) is 4.59. The van der Waals surface area contributed by atoms with Gasteiger partial charge >= 0.3 is 0 Å². The van der Waals surface area contributed by atoms with Crippen LogP contribution >= 0.6 is 24.0 Å². The van der Waals surface area contributed by atoms with Gasteiger partial charge in [0.05, 0.1) is 13.2 Å². The summed E-state index contributed by atoms with van der Waals surface area (Å²) in [5, 5.41) is 3.48. The molecule has 6 heteroatoms. The van der Waals surface area contributed by atoms with E-state index in [2.05, 4.69) is 46.4 Å². The van der Waals surface area contributed by atoms with E-state index in [1.165, 1.54) is 12.0 Å². The molecule has 0 saturated carbocycles. The first-order chi connectivity index (χ1) is 12.3. The summed E-state index contributed by atoms with van der Waals surface area (Å²) in [6.45, 7) is 6.77. The molecule has 0 aliphatic carbocycles. The van der Waals surface area contributed by atoms with Gasteiger partial charge in [0.1, 0.15) is 5.75 Å². The molecule has 1 N–H and O–H groups in total. The molecule has 0 radical (unpaired) electrons. The number of hydrogen-bond acceptors (Lipinski definition) is 3. The van der Waals surface area contributed by atoms with Crippen LogP contribution in [0.1, 0.15) is 31.7 Å². The van der Waals surface area contributed by atoms with E-state index in [0.717, 1.165) is 63.8 Å². The van der Waals surface area contributed by atoms with E-state index in [9.17, 15) is 0 Å². The Bertz CT molecular complexity index is 522. The molecule has 26 heavy (non-hydrogen) atoms. The van der Waals surface area contributed by atoms with Gasteiger partial charge in [-0.25, -0.2) is 0 Å². The van der Waals surface area contributed by atoms with Crippen LogP contribution in [0.15, 0.2) is 29.3 Å². The predicted molar refractivity (Wildman–Crippen MR) is 119 cm³/mol. The molecule has 1 atom stereocenters. The second kappa shape index (κ2) is 13.2. The molecule has 1 aliphatic heterocycles. The smallest absolute Gasteiger partial charge is 0.193 e. The third-order valence-electron chi connectivity index (χ3n) is 4.59. The van der Waals surface area contributed by atoms with Crippen LogP contribution in [0.3, 0.4) is 0 Å². The first kappa shape index (κ1) is 23.0. The number of aliphatic imine (C=N–C) groups is 1. The maximum Gasteiger partial charge on any atom is 0.193 e. The number of likely N-dealkylation sites (tertiary alicyclic amines) is 1. The minimum absolute atomic E-state index is 0. The topological polar surface area (TPSA) is 46.1 Å². The van der Waals surface area contributed by atoms with E-state index in [1.54, 1.807) is 7.11 Å². The molecular weight excluding hydrogens is 441 g/mol. The van der Waals surface area contributed by atoms with Gasteiger partial charge in [-0.2, -0.15) is 0 Å². The summed E-state index contributed by atoms with van der Waals surface area (Å²) in [4.78, 5) is 6.75. The van der Waals surface area contributed by atoms with E-state index in [0.29, 0.717) is 5.92 Å². The molecule has 2 rings (SSSR count). The van der Waals surface area contributed by atoms with Gasteiger partial charge in [-0.05, 0) is 37.0 Å². The highest BCUT2D eigenvalue weighted by atomic mass is 127. The third kappa shape index (κ3) is 7.70. The van der Waals surface area contributed by atoms with Crippen molar-refractivity contribution in [3.05, 3.63) is 29.8 Å². The van der Waals surface area contributed by atoms with E-state index < -0.39 is 0 Å². The molecule has 0 aromatic heterocycles. The van der Waals surface area contributed by atoms with Crippen LogP contribution in [0.5, 0.6) is 5.75 Å². The molecule has 0 amide bonds. The number of halogens is 1. The van der Waals surface area contributed by atoms with Crippen LogP contribution in [-0.4, -0.2) is 57.9 Å². The standard InChI is InChI=1S/C20H33N3O2.HI/c1-4-5-14-25-19-8-6-17(7-9-19)10-12-22-20(21-2)23-13-11-18(15-23)16-24-3;/h6-9,18H,4-5,10-16H2,1-3H3,(H,21,22);1H. The quantitative estimate of drug-likeness (QED) is 0.257. The zero-order valence-corrected chi connectivity index (χ0v) is 18.7. The van der Waals surface area contributed by atoms with Crippen molar-refractivity contribution in [3.63, 3.8) is 0 Å². The molecule has 1 aliphatic rings. The van der Waals surface area contributed by atoms with Crippen molar-refractivity contribution in [1.82, 2.24) is 10.2 Å². The number of benzene rings is 1. The van der Waals surface area contributed by atoms with E-state index in [1.807, 2.05) is 7.05 Å². The Morgan fingerprint density at radius 1 is 1.31 bits per heavy atom. The minimum Gasteiger partial charge on any atom is -0.494 e. The van der Waals surface area contributed by atoms with Crippen LogP contribution in [0, 0.1) is 5.92 Å². The van der Waals surface area contributed by atoms with Crippen molar-refractivity contribution in [2.75, 3.05) is 47.0 Å². The highest BCUT2D eigenvalue weighted by Gasteiger charge is 2.24. The lowest BCUT2D eigenvalue weighted by Crippen LogP contribution is -2.41. The maximum atomic E-state index is 5.71. The van der Waals surface area contributed by atoms with Gasteiger partial charge in [0.25, 0.3) is 0 Å². The summed E-state index contributed by atoms with van der Waals surface area (Å²) in [7, 11) is 3.63. The van der Waals surface area contributed by atoms with Crippen LogP contribution in [0.25, 0.3) is 0 Å². The van der Waals surface area contributed by atoms with Crippen LogP contribution in [-0.2, 0) is 11.2 Å². The molecular formula is C20H34IN3O2. The zero-order chi connectivity index (χ0) is 17.9. The largest absolute Gasteiger partial charge is 0.494 e. The Balaban J connectivity index is 0.00000338. The number of rotatable bonds is 9. The Kier molecular flexibility index (Phi) is 11.7. The summed E-state index contributed by atoms with van der Waals surface area (Å²) in [6.07, 6.45) is 4.42. The van der Waals surface area contributed by atoms with E-state index in [4.69, 9.17) is 9.47 Å². The molecule has 1 aromatic rings. The van der Waals surface area contributed by atoms with Gasteiger partial charge in [-0.3, -0.25) is 4.99 Å². The fourth-order valence-corrected chi connectivity index (χ4v) is 3.13. The Morgan fingerprint density at radius 3 is 2.73 bits per heavy atom. The Morgan fingerprint density at radius 2 is 2.08 bits per heavy atom. The van der Waals surface area contributed by atoms with Gasteiger partial charge in [0.15, 0.2) is 5.96 Å². The minimum atomic E-state index is 0. The lowest BCUT2D eigenvalue weighted by molar-refractivity contribution is 0.157. The van der Waals surface area contributed by atoms with Crippen LogP contribution in [0.4, 0.5) is 0 Å². The molecule has 5 nitrogen and oxygen atoms in total. The molecule has 148 valence electrons. The van der Waals surface area contributed by atoms with Crippen LogP contribution < -0.4 is 10.1 Å². The zero-order valence-electron chi connectivity index (χ0n) is 16.4. The number of methoxy groups -OCH3 is 1. The van der Waals surface area contributed by atoms with Gasteiger partial charge in [-0.1, -0.05) is 25.5 Å². The Labute approximate surface area is 175 Å². The molecule has 1 unspecified atom stereocenters. The summed E-state index contributed by atoms with van der Waals surface area (Å²) < 4.78 is 11.0. The summed E-state index contributed by atoms with van der Waals surface area (Å²) in [5.41, 5.74) is 1.31. The van der Waals surface area contributed by atoms with Crippen molar-refractivity contribution in [2.24, 2.45) is 10.9 Å². The highest BCUT2D eigenvalue weighted by Crippen LogP contribution is 2.16. The Hall–Kier alpha value is -1.02. The van der Waals surface area contributed by atoms with Gasteiger partial charge in [0.2, 0.25) is 0 Å². The predicted octanol–water partition coefficient (Wildman–Crippen LogP) is 3.57. The average Bonchev–Trinajstić information content (AvgIpc) is 3.09. The van der Waals surface area contributed by atoms with Crippen molar-refractivity contribution >= 4 is 29.9 Å². The van der Waals surface area contributed by atoms with Gasteiger partial charge in [0, 0.05) is 39.7 Å². The first-order valence-corrected chi connectivity index (χ1v) is 9.43. The lowest BCUT2D eigenvalue weighted by atomic mass is 10.1. The number of guanidine groups is 1. The average molecular weight is 475 g/mol. The number of hydrogen-bond donors (Lipinski definition) is 1. The van der Waals surface area contributed by atoms with Crippen molar-refractivity contribution in [2.45, 2.75) is 32.6 Å². The van der Waals surface area contributed by atoms with Gasteiger partial charge < -0.3 is 19.7 Å². The summed E-state index contributed by atoms with van der Waals surface area (Å²) in [6, 6.07) is 8.43.